The van der Waals surface area contributed by atoms with Gasteiger partial charge in [-0.15, -0.1) is 0 Å². The van der Waals surface area contributed by atoms with E-state index in [4.69, 9.17) is 15.2 Å². The molecule has 1 aromatic heterocycles. The van der Waals surface area contributed by atoms with E-state index >= 15 is 0 Å². The molecule has 5 nitrogen and oxygen atoms in total. The smallest absolute Gasteiger partial charge is 0.245 e. The van der Waals surface area contributed by atoms with E-state index in [9.17, 15) is 0 Å². The van der Waals surface area contributed by atoms with Crippen LogP contribution in [0, 0.1) is 0 Å². The SMILES string of the molecule is COc1ccc(Oc2ncncc2N)c(C(C)(C)C)c1. The van der Waals surface area contributed by atoms with Crippen molar-refractivity contribution in [3.05, 3.63) is 36.3 Å². The highest BCUT2D eigenvalue weighted by Crippen LogP contribution is 2.37. The first-order valence-corrected chi connectivity index (χ1v) is 6.33. The summed E-state index contributed by atoms with van der Waals surface area (Å²) in [7, 11) is 1.64. The summed E-state index contributed by atoms with van der Waals surface area (Å²) < 4.78 is 11.1. The van der Waals surface area contributed by atoms with Crippen molar-refractivity contribution in [3.63, 3.8) is 0 Å². The fraction of sp³-hybridized carbons (Fsp3) is 0.333. The Morgan fingerprint density at radius 1 is 1.20 bits per heavy atom. The summed E-state index contributed by atoms with van der Waals surface area (Å²) in [6.45, 7) is 6.33. The zero-order valence-electron chi connectivity index (χ0n) is 12.2. The second kappa shape index (κ2) is 5.36. The fourth-order valence-corrected chi connectivity index (χ4v) is 1.83. The maximum absolute atomic E-state index is 5.83. The molecule has 20 heavy (non-hydrogen) atoms. The molecule has 0 atom stereocenters. The number of rotatable bonds is 3. The molecule has 106 valence electrons. The lowest BCUT2D eigenvalue weighted by molar-refractivity contribution is 0.405. The third kappa shape index (κ3) is 2.99. The first-order valence-electron chi connectivity index (χ1n) is 6.33. The molecule has 2 aromatic rings. The van der Waals surface area contributed by atoms with Crippen LogP contribution in [0.1, 0.15) is 26.3 Å². The van der Waals surface area contributed by atoms with Gasteiger partial charge in [0, 0.05) is 5.56 Å². The van der Waals surface area contributed by atoms with Crippen molar-refractivity contribution in [1.82, 2.24) is 9.97 Å². The number of hydrogen-bond donors (Lipinski definition) is 1. The lowest BCUT2D eigenvalue weighted by atomic mass is 9.86. The maximum Gasteiger partial charge on any atom is 0.245 e. The number of hydrogen-bond acceptors (Lipinski definition) is 5. The molecule has 5 heteroatoms. The first-order chi connectivity index (χ1) is 9.41. The molecular weight excluding hydrogens is 254 g/mol. The number of aromatic nitrogens is 2. The van der Waals surface area contributed by atoms with Gasteiger partial charge in [0.25, 0.3) is 0 Å². The predicted octanol–water partition coefficient (Wildman–Crippen LogP) is 3.16. The van der Waals surface area contributed by atoms with E-state index in [0.717, 1.165) is 11.3 Å². The summed E-state index contributed by atoms with van der Waals surface area (Å²) in [6, 6.07) is 5.68. The van der Waals surface area contributed by atoms with Gasteiger partial charge < -0.3 is 15.2 Å². The zero-order chi connectivity index (χ0) is 14.8. The van der Waals surface area contributed by atoms with Crippen LogP contribution in [0.5, 0.6) is 17.4 Å². The number of methoxy groups -OCH3 is 1. The Morgan fingerprint density at radius 3 is 2.55 bits per heavy atom. The molecule has 1 heterocycles. The number of nitrogen functional groups attached to an aromatic ring is 1. The molecular formula is C15H19N3O2. The molecule has 0 saturated heterocycles. The Kier molecular flexibility index (Phi) is 3.79. The number of nitrogens with zero attached hydrogens (tertiary/aromatic N) is 2. The Bertz CT molecular complexity index is 606. The number of nitrogens with two attached hydrogens (primary N) is 1. The van der Waals surface area contributed by atoms with Crippen molar-refractivity contribution in [3.8, 4) is 17.4 Å². The standard InChI is InChI=1S/C15H19N3O2/c1-15(2,3)11-7-10(19-4)5-6-13(11)20-14-12(16)8-17-9-18-14/h5-9H,16H2,1-4H3. The number of ether oxygens (including phenoxy) is 2. The van der Waals surface area contributed by atoms with Crippen LogP contribution in [0.15, 0.2) is 30.7 Å². The molecule has 0 bridgehead atoms. The number of anilines is 1. The predicted molar refractivity (Wildman–Crippen MR) is 78.2 cm³/mol. The Hall–Kier alpha value is -2.30. The van der Waals surface area contributed by atoms with Crippen LogP contribution in [-0.2, 0) is 5.41 Å². The topological polar surface area (TPSA) is 70.3 Å². The summed E-state index contributed by atoms with van der Waals surface area (Å²) in [4.78, 5) is 7.90. The van der Waals surface area contributed by atoms with E-state index in [1.54, 1.807) is 7.11 Å². The minimum atomic E-state index is -0.0916. The minimum absolute atomic E-state index is 0.0916. The van der Waals surface area contributed by atoms with Crippen molar-refractivity contribution in [2.45, 2.75) is 26.2 Å². The fourth-order valence-electron chi connectivity index (χ4n) is 1.83. The van der Waals surface area contributed by atoms with Crippen LogP contribution in [0.4, 0.5) is 5.69 Å². The van der Waals surface area contributed by atoms with Crippen LogP contribution in [0.25, 0.3) is 0 Å². The molecule has 0 aliphatic heterocycles. The van der Waals surface area contributed by atoms with Gasteiger partial charge in [0.1, 0.15) is 23.5 Å². The van der Waals surface area contributed by atoms with E-state index in [0.29, 0.717) is 17.3 Å². The summed E-state index contributed by atoms with van der Waals surface area (Å²) in [5.41, 5.74) is 7.15. The largest absolute Gasteiger partial charge is 0.497 e. The van der Waals surface area contributed by atoms with Gasteiger partial charge in [-0.05, 0) is 23.6 Å². The zero-order valence-corrected chi connectivity index (χ0v) is 12.2. The maximum atomic E-state index is 5.83. The van der Waals surface area contributed by atoms with Gasteiger partial charge in [-0.2, -0.15) is 4.98 Å². The quantitative estimate of drug-likeness (QED) is 0.930. The molecule has 0 unspecified atom stereocenters. The summed E-state index contributed by atoms with van der Waals surface area (Å²) in [5.74, 6) is 1.86. The Morgan fingerprint density at radius 2 is 1.95 bits per heavy atom. The monoisotopic (exact) mass is 273 g/mol. The van der Waals surface area contributed by atoms with Gasteiger partial charge >= 0.3 is 0 Å². The highest BCUT2D eigenvalue weighted by molar-refractivity contribution is 5.50. The second-order valence-corrected chi connectivity index (χ2v) is 5.50. The molecule has 0 aliphatic rings. The van der Waals surface area contributed by atoms with Crippen molar-refractivity contribution >= 4 is 5.69 Å². The van der Waals surface area contributed by atoms with Crippen LogP contribution in [0.3, 0.4) is 0 Å². The molecule has 0 fully saturated rings. The van der Waals surface area contributed by atoms with Gasteiger partial charge in [-0.3, -0.25) is 0 Å². The molecule has 1 aromatic carbocycles. The van der Waals surface area contributed by atoms with Crippen LogP contribution >= 0.6 is 0 Å². The van der Waals surface area contributed by atoms with Crippen molar-refractivity contribution < 1.29 is 9.47 Å². The molecule has 0 spiro atoms. The van der Waals surface area contributed by atoms with Gasteiger partial charge in [0.2, 0.25) is 5.88 Å². The van der Waals surface area contributed by atoms with Gasteiger partial charge in [-0.25, -0.2) is 4.98 Å². The lowest BCUT2D eigenvalue weighted by Gasteiger charge is -2.23. The molecule has 2 rings (SSSR count). The van der Waals surface area contributed by atoms with Gasteiger partial charge in [0.15, 0.2) is 0 Å². The Labute approximate surface area is 118 Å². The average molecular weight is 273 g/mol. The Balaban J connectivity index is 2.44. The second-order valence-electron chi connectivity index (χ2n) is 5.50. The van der Waals surface area contributed by atoms with E-state index in [1.807, 2.05) is 18.2 Å². The third-order valence-corrected chi connectivity index (χ3v) is 2.90. The molecule has 0 saturated carbocycles. The van der Waals surface area contributed by atoms with Crippen LogP contribution < -0.4 is 15.2 Å². The molecule has 0 amide bonds. The summed E-state index contributed by atoms with van der Waals surface area (Å²) in [5, 5.41) is 0. The highest BCUT2D eigenvalue weighted by atomic mass is 16.5. The normalized spacial score (nSPS) is 11.2. The van der Waals surface area contributed by atoms with Crippen molar-refractivity contribution in [2.75, 3.05) is 12.8 Å². The summed E-state index contributed by atoms with van der Waals surface area (Å²) >= 11 is 0. The molecule has 0 radical (unpaired) electrons. The van der Waals surface area contributed by atoms with E-state index in [-0.39, 0.29) is 5.41 Å². The van der Waals surface area contributed by atoms with Gasteiger partial charge in [-0.1, -0.05) is 20.8 Å². The number of benzene rings is 1. The molecule has 2 N–H and O–H groups in total. The lowest BCUT2D eigenvalue weighted by Crippen LogP contribution is -2.13. The average Bonchev–Trinajstić information content (AvgIpc) is 2.40. The summed E-state index contributed by atoms with van der Waals surface area (Å²) in [6.07, 6.45) is 2.93. The van der Waals surface area contributed by atoms with Gasteiger partial charge in [0.05, 0.1) is 13.3 Å². The van der Waals surface area contributed by atoms with E-state index in [1.165, 1.54) is 12.5 Å². The van der Waals surface area contributed by atoms with E-state index < -0.39 is 0 Å². The molecule has 0 aliphatic carbocycles. The van der Waals surface area contributed by atoms with Crippen molar-refractivity contribution in [2.24, 2.45) is 0 Å². The van der Waals surface area contributed by atoms with Crippen LogP contribution in [-0.4, -0.2) is 17.1 Å². The van der Waals surface area contributed by atoms with Crippen LogP contribution in [0.2, 0.25) is 0 Å². The van der Waals surface area contributed by atoms with Crippen molar-refractivity contribution in [1.29, 1.82) is 0 Å². The first kappa shape index (κ1) is 14.1. The highest BCUT2D eigenvalue weighted by Gasteiger charge is 2.21. The minimum Gasteiger partial charge on any atom is -0.497 e. The third-order valence-electron chi connectivity index (χ3n) is 2.90. The van der Waals surface area contributed by atoms with E-state index in [2.05, 4.69) is 30.7 Å².